The molecule has 0 amide bonds. The second-order valence-corrected chi connectivity index (χ2v) is 19.3. The van der Waals surface area contributed by atoms with Gasteiger partial charge >= 0.3 is 19.5 Å². The van der Waals surface area contributed by atoms with Gasteiger partial charge in [-0.25, -0.2) is 9.97 Å². The summed E-state index contributed by atoms with van der Waals surface area (Å²) in [5.41, 5.74) is -0.226. The fourth-order valence-electron chi connectivity index (χ4n) is 7.17. The molecule has 8 bridgehead atoms. The van der Waals surface area contributed by atoms with Crippen LogP contribution in [0.4, 0.5) is 0 Å². The van der Waals surface area contributed by atoms with Crippen LogP contribution < -0.4 is 24.2 Å². The van der Waals surface area contributed by atoms with Gasteiger partial charge in [0.2, 0.25) is 0 Å². The van der Waals surface area contributed by atoms with Crippen molar-refractivity contribution in [2.45, 2.75) is 0 Å². The van der Waals surface area contributed by atoms with Gasteiger partial charge in [-0.15, -0.1) is 0 Å². The monoisotopic (exact) mass is 1240 g/mol. The molecule has 2 aliphatic heterocycles. The third-order valence-electron chi connectivity index (χ3n) is 10.1. The minimum absolute atomic E-state index is 0. The molecule has 2 aliphatic rings. The predicted molar refractivity (Wildman–Crippen MR) is 269 cm³/mol. The standard InChI is InChI=1S/C40H9Cl15N8O3.Zn/c1-64-6-3-4-7(8(5-6)65-2)66-32-24(48)16-15(23(47)31(32)55)39-61-37-12-11(19(43)27(51)28(52)20(12)44)35(59-37)57-33-9-10(18(42)26(50)25(49)17(9)41)34(56-33)58-36-13-14(38(60-36)62-40(16)63-39)22(46)30(54)29(53)21(13)45;/h3-5H,1-2H3;/q-2;+2. The minimum Gasteiger partial charge on any atom is -0.497 e. The van der Waals surface area contributed by atoms with E-state index in [1.807, 2.05) is 0 Å². The molecule has 0 fully saturated rings. The number of rotatable bonds is 4. The molecule has 0 radical (unpaired) electrons. The number of hydrogen-bond donors (Lipinski definition) is 0. The molecule has 5 aromatic carbocycles. The van der Waals surface area contributed by atoms with Crippen LogP contribution in [0.5, 0.6) is 23.0 Å². The minimum atomic E-state index is -0.159. The van der Waals surface area contributed by atoms with Crippen molar-refractivity contribution in [2.75, 3.05) is 14.2 Å². The van der Waals surface area contributed by atoms with E-state index in [4.69, 9.17) is 228 Å². The number of fused-ring (bicyclic) bond motifs is 20. The summed E-state index contributed by atoms with van der Waals surface area (Å²) >= 11 is 103. The van der Waals surface area contributed by atoms with Crippen LogP contribution in [-0.2, 0) is 19.5 Å². The van der Waals surface area contributed by atoms with E-state index in [9.17, 15) is 0 Å². The molecule has 5 heterocycles. The molecule has 0 unspecified atom stereocenters. The van der Waals surface area contributed by atoms with Gasteiger partial charge in [0.05, 0.1) is 108 Å². The first-order chi connectivity index (χ1) is 31.4. The summed E-state index contributed by atoms with van der Waals surface area (Å²) < 4.78 is 17.2. The average molecular weight is 1250 g/mol. The quantitative estimate of drug-likeness (QED) is 0.0947. The van der Waals surface area contributed by atoms with Crippen LogP contribution >= 0.6 is 174 Å². The molecule has 27 heteroatoms. The first kappa shape index (κ1) is 49.8. The first-order valence-electron chi connectivity index (χ1n) is 17.8. The summed E-state index contributed by atoms with van der Waals surface area (Å²) in [6.07, 6.45) is 0. The van der Waals surface area contributed by atoms with E-state index in [1.54, 1.807) is 18.2 Å². The molecule has 8 aromatic rings. The summed E-state index contributed by atoms with van der Waals surface area (Å²) in [7, 11) is 2.93. The van der Waals surface area contributed by atoms with Crippen LogP contribution in [0, 0.1) is 0 Å². The Kier molecular flexibility index (Phi) is 13.7. The number of methoxy groups -OCH3 is 2. The summed E-state index contributed by atoms with van der Waals surface area (Å²) in [5, 5.41) is -1.47. The van der Waals surface area contributed by atoms with E-state index in [-0.39, 0.29) is 202 Å². The van der Waals surface area contributed by atoms with E-state index in [1.165, 1.54) is 14.2 Å². The van der Waals surface area contributed by atoms with Crippen LogP contribution in [0.1, 0.15) is 0 Å². The second kappa shape index (κ2) is 18.5. The molecular formula is C40H9Cl15N8O3Zn. The van der Waals surface area contributed by atoms with Crippen molar-refractivity contribution in [1.29, 1.82) is 0 Å². The fourth-order valence-corrected chi connectivity index (χ4v) is 11.1. The van der Waals surface area contributed by atoms with Crippen LogP contribution in [0.25, 0.3) is 89.7 Å². The van der Waals surface area contributed by atoms with Gasteiger partial charge in [0.1, 0.15) is 10.8 Å². The zero-order valence-electron chi connectivity index (χ0n) is 32.4. The Hall–Kier alpha value is -2.17. The Morgan fingerprint density at radius 3 is 1.03 bits per heavy atom. The summed E-state index contributed by atoms with van der Waals surface area (Å²) in [5.74, 6) is 0.250. The molecule has 334 valence electrons. The van der Waals surface area contributed by atoms with Gasteiger partial charge in [-0.2, -0.15) is 0 Å². The Morgan fingerprint density at radius 1 is 0.358 bits per heavy atom. The number of nitrogens with zero attached hydrogens (tertiary/aromatic N) is 8. The summed E-state index contributed by atoms with van der Waals surface area (Å²) in [6.45, 7) is 0. The largest absolute Gasteiger partial charge is 2.00 e. The van der Waals surface area contributed by atoms with Gasteiger partial charge in [-0.3, -0.25) is 0 Å². The average Bonchev–Trinajstić information content (AvgIpc) is 4.06. The van der Waals surface area contributed by atoms with Crippen molar-refractivity contribution in [2.24, 2.45) is 0 Å². The Labute approximate surface area is 463 Å². The number of ether oxygens (including phenoxy) is 3. The van der Waals surface area contributed by atoms with Crippen molar-refractivity contribution < 1.29 is 33.7 Å². The molecular weight excluding hydrogens is 1240 g/mol. The maximum Gasteiger partial charge on any atom is 2.00 e. The van der Waals surface area contributed by atoms with E-state index >= 15 is 0 Å². The smallest absolute Gasteiger partial charge is 0.497 e. The Morgan fingerprint density at radius 2 is 0.687 bits per heavy atom. The molecule has 10 rings (SSSR count). The molecule has 11 nitrogen and oxygen atoms in total. The first-order valence-corrected chi connectivity index (χ1v) is 23.5. The topological polar surface area (TPSA) is 133 Å². The third-order valence-corrected chi connectivity index (χ3v) is 16.7. The molecule has 0 saturated carbocycles. The molecule has 0 N–H and O–H groups in total. The SMILES string of the molecule is COc1ccc(Oc2c(Cl)c(Cl)c3c4nc5nc(nc6[n-]c(nc7nc(nc([n-]4)c3c2Cl)-c2c(Cl)c(Cl)c(Cl)c(Cl)c2-7)c2c(Cl)c(Cl)c(Cl)c(Cl)c62)-c2c(Cl)c(Cl)c(Cl)c(Cl)c2-5)c(OC)c1.[Zn+2]. The van der Waals surface area contributed by atoms with E-state index in [2.05, 4.69) is 0 Å². The van der Waals surface area contributed by atoms with Crippen LogP contribution in [0.2, 0.25) is 75.3 Å². The maximum absolute atomic E-state index is 7.28. The molecule has 0 saturated heterocycles. The van der Waals surface area contributed by atoms with Crippen molar-refractivity contribution in [1.82, 2.24) is 39.9 Å². The van der Waals surface area contributed by atoms with Crippen molar-refractivity contribution in [3.63, 3.8) is 0 Å². The Bertz CT molecular complexity index is 3740. The van der Waals surface area contributed by atoms with Crippen molar-refractivity contribution in [3.8, 4) is 68.5 Å². The van der Waals surface area contributed by atoms with Crippen LogP contribution in [0.15, 0.2) is 18.2 Å². The van der Waals surface area contributed by atoms with Crippen LogP contribution in [-0.4, -0.2) is 44.1 Å². The maximum atomic E-state index is 7.28. The third kappa shape index (κ3) is 7.63. The van der Waals surface area contributed by atoms with Gasteiger partial charge in [-0.1, -0.05) is 174 Å². The van der Waals surface area contributed by atoms with E-state index in [0.717, 1.165) is 0 Å². The molecule has 0 atom stereocenters. The zero-order valence-corrected chi connectivity index (χ0v) is 46.7. The van der Waals surface area contributed by atoms with Gasteiger partial charge < -0.3 is 44.1 Å². The summed E-state index contributed by atoms with van der Waals surface area (Å²) in [4.78, 5) is 38.4. The van der Waals surface area contributed by atoms with Gasteiger partial charge in [0.25, 0.3) is 0 Å². The van der Waals surface area contributed by atoms with Gasteiger partial charge in [0.15, 0.2) is 17.2 Å². The van der Waals surface area contributed by atoms with E-state index < -0.39 is 0 Å². The number of halogens is 15. The zero-order chi connectivity index (χ0) is 47.1. The van der Waals surface area contributed by atoms with Gasteiger partial charge in [-0.05, 0) is 12.1 Å². The van der Waals surface area contributed by atoms with E-state index in [0.29, 0.717) is 5.75 Å². The second-order valence-electron chi connectivity index (χ2n) is 13.6. The molecule has 67 heavy (non-hydrogen) atoms. The fraction of sp³-hybridized carbons (Fsp3) is 0.0500. The molecule has 0 aliphatic carbocycles. The Balaban J connectivity index is 0.00000562. The number of benzene rings is 5. The number of hydrogen-bond acceptors (Lipinski definition) is 9. The number of aromatic nitrogens is 8. The molecule has 0 spiro atoms. The van der Waals surface area contributed by atoms with Crippen molar-refractivity contribution in [3.05, 3.63) is 93.5 Å². The normalized spacial score (nSPS) is 11.8. The van der Waals surface area contributed by atoms with Crippen molar-refractivity contribution >= 4 is 218 Å². The summed E-state index contributed by atoms with van der Waals surface area (Å²) in [6, 6.07) is 4.80. The van der Waals surface area contributed by atoms with Gasteiger partial charge in [0, 0.05) is 72.5 Å². The predicted octanol–water partition coefficient (Wildman–Crippen LogP) is 17.7. The van der Waals surface area contributed by atoms with Crippen LogP contribution in [0.3, 0.4) is 0 Å². The molecule has 3 aromatic heterocycles.